The maximum atomic E-state index is 14.7. The molecule has 1 aliphatic rings. The van der Waals surface area contributed by atoms with Crippen molar-refractivity contribution >= 4 is 34.6 Å². The lowest BCUT2D eigenvalue weighted by atomic mass is 10.0. The van der Waals surface area contributed by atoms with Crippen molar-refractivity contribution in [1.29, 1.82) is 0 Å². The number of ether oxygens (including phenoxy) is 2. The van der Waals surface area contributed by atoms with Crippen molar-refractivity contribution < 1.29 is 27.8 Å². The van der Waals surface area contributed by atoms with Crippen LogP contribution in [0, 0.1) is 15.2 Å². The summed E-state index contributed by atoms with van der Waals surface area (Å²) >= 11 is 1.73. The van der Waals surface area contributed by atoms with Crippen molar-refractivity contribution in [1.82, 2.24) is 10.2 Å². The first kappa shape index (κ1) is 22.6. The first-order valence-electron chi connectivity index (χ1n) is 9.02. The van der Waals surface area contributed by atoms with E-state index in [4.69, 9.17) is 9.47 Å². The van der Waals surface area contributed by atoms with Gasteiger partial charge < -0.3 is 19.7 Å². The van der Waals surface area contributed by atoms with E-state index in [0.717, 1.165) is 12.8 Å². The van der Waals surface area contributed by atoms with E-state index in [0.29, 0.717) is 13.1 Å². The highest BCUT2D eigenvalue weighted by atomic mass is 127. The summed E-state index contributed by atoms with van der Waals surface area (Å²) < 4.78 is 39.0. The molecule has 28 heavy (non-hydrogen) atoms. The Balaban J connectivity index is 2.30. The third kappa shape index (κ3) is 5.68. The Bertz CT molecular complexity index is 746. The number of hydrogen-bond donors (Lipinski definition) is 1. The average molecular weight is 510 g/mol. The van der Waals surface area contributed by atoms with Crippen LogP contribution in [0.1, 0.15) is 39.2 Å². The Morgan fingerprint density at radius 2 is 1.86 bits per heavy atom. The van der Waals surface area contributed by atoms with Crippen LogP contribution in [0.4, 0.5) is 13.6 Å². The summed E-state index contributed by atoms with van der Waals surface area (Å²) in [5.74, 6) is -2.51. The smallest absolute Gasteiger partial charge is 0.408 e. The van der Waals surface area contributed by atoms with Crippen LogP contribution in [-0.2, 0) is 16.0 Å². The van der Waals surface area contributed by atoms with E-state index >= 15 is 0 Å². The molecule has 1 N–H and O–H groups in total. The molecule has 0 aliphatic carbocycles. The highest BCUT2D eigenvalue weighted by molar-refractivity contribution is 14.1. The molecular formula is C19H25F2IN2O4. The number of halogens is 3. The molecule has 156 valence electrons. The van der Waals surface area contributed by atoms with E-state index < -0.39 is 35.1 Å². The van der Waals surface area contributed by atoms with E-state index in [9.17, 15) is 18.4 Å². The Labute approximate surface area is 177 Å². The third-order valence-corrected chi connectivity index (χ3v) is 5.01. The maximum Gasteiger partial charge on any atom is 0.408 e. The van der Waals surface area contributed by atoms with Crippen molar-refractivity contribution in [2.75, 3.05) is 20.2 Å². The van der Waals surface area contributed by atoms with Gasteiger partial charge in [0.25, 0.3) is 0 Å². The van der Waals surface area contributed by atoms with Crippen LogP contribution in [-0.4, -0.2) is 48.7 Å². The summed E-state index contributed by atoms with van der Waals surface area (Å²) in [5.41, 5.74) is -0.665. The molecule has 2 amide bonds. The van der Waals surface area contributed by atoms with Crippen LogP contribution >= 0.6 is 22.6 Å². The number of benzene rings is 1. The average Bonchev–Trinajstić information content (AvgIpc) is 3.11. The lowest BCUT2D eigenvalue weighted by Gasteiger charge is -2.26. The molecule has 0 spiro atoms. The Morgan fingerprint density at radius 3 is 2.39 bits per heavy atom. The van der Waals surface area contributed by atoms with Gasteiger partial charge in [0.2, 0.25) is 5.91 Å². The normalized spacial score (nSPS) is 15.3. The zero-order valence-corrected chi connectivity index (χ0v) is 18.6. The summed E-state index contributed by atoms with van der Waals surface area (Å²) in [5, 5.41) is 2.54. The number of amides is 2. The van der Waals surface area contributed by atoms with E-state index in [-0.39, 0.29) is 21.5 Å². The number of nitrogens with one attached hydrogen (secondary N) is 1. The van der Waals surface area contributed by atoms with Crippen LogP contribution in [0.25, 0.3) is 0 Å². The first-order valence-corrected chi connectivity index (χ1v) is 10.1. The van der Waals surface area contributed by atoms with Crippen LogP contribution in [0.5, 0.6) is 5.75 Å². The minimum absolute atomic E-state index is 0.0799. The summed E-state index contributed by atoms with van der Waals surface area (Å²) in [6, 6.07) is 0.280. The van der Waals surface area contributed by atoms with E-state index in [1.807, 2.05) is 0 Å². The molecule has 0 bridgehead atoms. The van der Waals surface area contributed by atoms with Crippen molar-refractivity contribution in [2.45, 2.75) is 51.7 Å². The van der Waals surface area contributed by atoms with E-state index in [1.54, 1.807) is 48.3 Å². The number of hydrogen-bond acceptors (Lipinski definition) is 4. The van der Waals surface area contributed by atoms with Crippen LogP contribution in [0.3, 0.4) is 0 Å². The summed E-state index contributed by atoms with van der Waals surface area (Å²) in [4.78, 5) is 26.7. The monoisotopic (exact) mass is 510 g/mol. The molecule has 1 fully saturated rings. The minimum Gasteiger partial charge on any atom is -0.491 e. The van der Waals surface area contributed by atoms with Gasteiger partial charge in [-0.05, 0) is 67.8 Å². The molecule has 1 aromatic rings. The SMILES string of the molecule is COc1c(F)c(I)cc(CC(NC(=O)OC(C)(C)C)C(=O)N2CCCC2)c1F. The predicted octanol–water partition coefficient (Wildman–Crippen LogP) is 3.64. The standard InChI is InChI=1S/C19H25F2IN2O4/c1-19(2,3)28-18(26)23-13(17(25)24-7-5-6-8-24)10-11-9-12(22)15(21)16(27-4)14(11)20/h9,13H,5-8,10H2,1-4H3,(H,23,26). The number of rotatable bonds is 5. The van der Waals surface area contributed by atoms with Crippen LogP contribution in [0.15, 0.2) is 6.07 Å². The number of alkyl carbamates (subject to hydrolysis) is 1. The van der Waals surface area contributed by atoms with Gasteiger partial charge in [-0.3, -0.25) is 4.79 Å². The van der Waals surface area contributed by atoms with Gasteiger partial charge >= 0.3 is 6.09 Å². The highest BCUT2D eigenvalue weighted by Crippen LogP contribution is 2.29. The fourth-order valence-electron chi connectivity index (χ4n) is 2.99. The van der Waals surface area contributed by atoms with Crippen LogP contribution < -0.4 is 10.1 Å². The molecule has 1 saturated heterocycles. The van der Waals surface area contributed by atoms with Gasteiger partial charge in [0, 0.05) is 19.5 Å². The summed E-state index contributed by atoms with van der Waals surface area (Å²) in [7, 11) is 1.17. The Morgan fingerprint density at radius 1 is 1.25 bits per heavy atom. The second-order valence-electron chi connectivity index (χ2n) is 7.61. The van der Waals surface area contributed by atoms with Crippen LogP contribution in [0.2, 0.25) is 0 Å². The lowest BCUT2D eigenvalue weighted by Crippen LogP contribution is -2.50. The van der Waals surface area contributed by atoms with Crippen molar-refractivity contribution in [2.24, 2.45) is 0 Å². The van der Waals surface area contributed by atoms with Gasteiger partial charge in [0.05, 0.1) is 10.7 Å². The molecule has 0 saturated carbocycles. The molecule has 0 aromatic heterocycles. The third-order valence-electron chi connectivity index (χ3n) is 4.23. The molecule has 2 rings (SSSR count). The van der Waals surface area contributed by atoms with Gasteiger partial charge in [-0.15, -0.1) is 0 Å². The summed E-state index contributed by atoms with van der Waals surface area (Å²) in [6.07, 6.45) is 0.838. The van der Waals surface area contributed by atoms with Gasteiger partial charge in [-0.2, -0.15) is 0 Å². The molecule has 1 aromatic carbocycles. The quantitative estimate of drug-likeness (QED) is 0.486. The molecule has 9 heteroatoms. The minimum atomic E-state index is -1.03. The fourth-order valence-corrected chi connectivity index (χ4v) is 3.61. The van der Waals surface area contributed by atoms with Crippen molar-refractivity contribution in [3.8, 4) is 5.75 Å². The van der Waals surface area contributed by atoms with Gasteiger partial charge in [0.15, 0.2) is 17.4 Å². The Hall–Kier alpha value is -1.65. The molecule has 6 nitrogen and oxygen atoms in total. The number of carbonyl (C=O) groups excluding carboxylic acids is 2. The van der Waals surface area contributed by atoms with Crippen molar-refractivity contribution in [3.63, 3.8) is 0 Å². The number of carbonyl (C=O) groups is 2. The van der Waals surface area contributed by atoms with Gasteiger partial charge in [-0.1, -0.05) is 0 Å². The second-order valence-corrected chi connectivity index (χ2v) is 8.78. The topological polar surface area (TPSA) is 67.9 Å². The zero-order chi connectivity index (χ0) is 21.1. The molecule has 0 radical (unpaired) electrons. The lowest BCUT2D eigenvalue weighted by molar-refractivity contribution is -0.132. The fraction of sp³-hybridized carbons (Fsp3) is 0.579. The maximum absolute atomic E-state index is 14.7. The largest absolute Gasteiger partial charge is 0.491 e. The molecule has 1 aliphatic heterocycles. The number of likely N-dealkylation sites (tertiary alicyclic amines) is 1. The van der Waals surface area contributed by atoms with Gasteiger partial charge in [-0.25, -0.2) is 13.6 Å². The van der Waals surface area contributed by atoms with Gasteiger partial charge in [0.1, 0.15) is 11.6 Å². The Kier molecular flexibility index (Phi) is 7.46. The second kappa shape index (κ2) is 9.23. The van der Waals surface area contributed by atoms with E-state index in [1.165, 1.54) is 13.2 Å². The predicted molar refractivity (Wildman–Crippen MR) is 108 cm³/mol. The molecule has 1 heterocycles. The first-order chi connectivity index (χ1) is 13.0. The summed E-state index contributed by atoms with van der Waals surface area (Å²) in [6.45, 7) is 6.28. The zero-order valence-electron chi connectivity index (χ0n) is 16.4. The highest BCUT2D eigenvalue weighted by Gasteiger charge is 2.31. The number of methoxy groups -OCH3 is 1. The number of nitrogens with zero attached hydrogens (tertiary/aromatic N) is 1. The van der Waals surface area contributed by atoms with E-state index in [2.05, 4.69) is 5.32 Å². The van der Waals surface area contributed by atoms with Crippen molar-refractivity contribution in [3.05, 3.63) is 26.8 Å². The molecule has 1 unspecified atom stereocenters. The molecule has 1 atom stereocenters. The molecular weight excluding hydrogens is 485 g/mol.